The highest BCUT2D eigenvalue weighted by molar-refractivity contribution is 5.91. The number of hydrogen-bond acceptors (Lipinski definition) is 5. The van der Waals surface area contributed by atoms with E-state index in [0.717, 1.165) is 12.8 Å². The predicted molar refractivity (Wildman–Crippen MR) is 151 cm³/mol. The Bertz CT molecular complexity index is 935. The minimum Gasteiger partial charge on any atom is -0.478 e. The number of aliphatic carboxylic acids is 2. The predicted octanol–water partition coefficient (Wildman–Crippen LogP) is 4.86. The van der Waals surface area contributed by atoms with E-state index in [4.69, 9.17) is 9.90 Å². The van der Waals surface area contributed by atoms with Crippen molar-refractivity contribution in [3.63, 3.8) is 0 Å². The van der Waals surface area contributed by atoms with Crippen LogP contribution in [-0.4, -0.2) is 77.3 Å². The molecule has 0 heterocycles. The van der Waals surface area contributed by atoms with Crippen molar-refractivity contribution in [2.75, 3.05) is 14.1 Å². The van der Waals surface area contributed by atoms with Gasteiger partial charge in [-0.2, -0.15) is 13.2 Å². The van der Waals surface area contributed by atoms with E-state index in [1.807, 2.05) is 41.7 Å². The number of carboxylic acid groups (broad SMARTS) is 2. The second-order valence-electron chi connectivity index (χ2n) is 12.8. The molecule has 2 amide bonds. The van der Waals surface area contributed by atoms with Crippen LogP contribution < -0.4 is 10.6 Å². The van der Waals surface area contributed by atoms with Gasteiger partial charge in [0.1, 0.15) is 6.04 Å². The minimum absolute atomic E-state index is 0.00913. The van der Waals surface area contributed by atoms with Gasteiger partial charge in [0, 0.05) is 12.6 Å². The first-order valence-corrected chi connectivity index (χ1v) is 14.0. The summed E-state index contributed by atoms with van der Waals surface area (Å²) >= 11 is 0. The number of alkyl halides is 3. The summed E-state index contributed by atoms with van der Waals surface area (Å²) in [5, 5.41) is 22.8. The summed E-state index contributed by atoms with van der Waals surface area (Å²) in [5.74, 6) is -3.70. The lowest BCUT2D eigenvalue weighted by atomic mass is 9.66. The van der Waals surface area contributed by atoms with Crippen LogP contribution in [0, 0.1) is 22.7 Å². The van der Waals surface area contributed by atoms with E-state index in [1.165, 1.54) is 26.2 Å². The first-order chi connectivity index (χ1) is 18.5. The second kappa shape index (κ2) is 15.6. The van der Waals surface area contributed by atoms with Gasteiger partial charge in [0.05, 0.1) is 12.1 Å². The fourth-order valence-electron chi connectivity index (χ4n) is 5.23. The molecule has 1 aliphatic carbocycles. The molecule has 0 aromatic heterocycles. The van der Waals surface area contributed by atoms with E-state index in [9.17, 15) is 32.7 Å². The zero-order chi connectivity index (χ0) is 32.5. The summed E-state index contributed by atoms with van der Waals surface area (Å²) in [5.41, 5.74) is -0.584. The van der Waals surface area contributed by atoms with Gasteiger partial charge in [-0.05, 0) is 49.5 Å². The molecule has 3 atom stereocenters. The van der Waals surface area contributed by atoms with Crippen LogP contribution in [0.4, 0.5) is 13.2 Å². The van der Waals surface area contributed by atoms with Crippen molar-refractivity contribution in [2.45, 2.75) is 112 Å². The molecule has 0 aromatic rings. The van der Waals surface area contributed by atoms with E-state index in [0.29, 0.717) is 5.92 Å². The van der Waals surface area contributed by atoms with Gasteiger partial charge < -0.3 is 25.7 Å². The fraction of sp³-hybridized carbons (Fsp3) is 0.793. The molecule has 0 spiro atoms. The largest absolute Gasteiger partial charge is 0.490 e. The highest BCUT2D eigenvalue weighted by Crippen LogP contribution is 2.41. The number of carbonyl (C=O) groups is 4. The molecule has 1 aliphatic rings. The van der Waals surface area contributed by atoms with Gasteiger partial charge in [0.2, 0.25) is 11.8 Å². The molecule has 0 unspecified atom stereocenters. The zero-order valence-electron chi connectivity index (χ0n) is 26.1. The van der Waals surface area contributed by atoms with Gasteiger partial charge in [-0.15, -0.1) is 0 Å². The summed E-state index contributed by atoms with van der Waals surface area (Å²) < 4.78 is 31.7. The van der Waals surface area contributed by atoms with Gasteiger partial charge in [-0.25, -0.2) is 9.59 Å². The number of nitrogens with one attached hydrogen (secondary N) is 2. The molecule has 1 saturated carbocycles. The Hall–Kier alpha value is -2.63. The van der Waals surface area contributed by atoms with Gasteiger partial charge >= 0.3 is 18.1 Å². The summed E-state index contributed by atoms with van der Waals surface area (Å²) in [6.07, 6.45) is 2.42. The van der Waals surface area contributed by atoms with Gasteiger partial charge in [0.25, 0.3) is 0 Å². The molecule has 1 rings (SSSR count). The van der Waals surface area contributed by atoms with E-state index < -0.39 is 41.7 Å². The maximum atomic E-state index is 13.7. The Labute approximate surface area is 242 Å². The number of carboxylic acids is 2. The number of rotatable bonds is 10. The standard InChI is InChI=1S/C27H49N3O4.C2HF3O2/c1-17(2)20(16-18(3)25(33)34)30(10)24(32)22(26(4,5)6)29-23(31)21(28-9)27(7,8)19-14-12-11-13-15-19;3-2(4,5)1(6)7/h16-17,19-22,28H,11-15H2,1-10H3,(H,29,31)(H,33,34);(H,6,7)/b18-16+;/t20-,21-,22-;/m1./s1. The van der Waals surface area contributed by atoms with E-state index in [2.05, 4.69) is 24.5 Å². The Balaban J connectivity index is 0.00000201. The summed E-state index contributed by atoms with van der Waals surface area (Å²) in [6.45, 7) is 15.6. The Kier molecular flexibility index (Phi) is 14.6. The Morgan fingerprint density at radius 3 is 1.73 bits per heavy atom. The topological polar surface area (TPSA) is 136 Å². The third kappa shape index (κ3) is 11.6. The van der Waals surface area contributed by atoms with Crippen LogP contribution in [-0.2, 0) is 19.2 Å². The molecule has 1 fully saturated rings. The zero-order valence-corrected chi connectivity index (χ0v) is 26.1. The van der Waals surface area contributed by atoms with Crippen molar-refractivity contribution < 1.29 is 42.6 Å². The molecule has 238 valence electrons. The summed E-state index contributed by atoms with van der Waals surface area (Å²) in [7, 11) is 3.49. The average Bonchev–Trinajstić information content (AvgIpc) is 2.84. The average molecular weight is 594 g/mol. The van der Waals surface area contributed by atoms with Gasteiger partial charge in [-0.1, -0.05) is 73.8 Å². The maximum absolute atomic E-state index is 13.7. The SMILES string of the molecule is CN[C@H](C(=O)N[C@H](C(=O)N(C)[C@H](/C=C(\C)C(=O)O)C(C)C)C(C)(C)C)C(C)(C)C1CCCCC1.O=C(O)C(F)(F)F. The first kappa shape index (κ1) is 38.4. The molecular weight excluding hydrogens is 543 g/mol. The van der Waals surface area contributed by atoms with Crippen molar-refractivity contribution in [1.29, 1.82) is 0 Å². The molecular formula is C29H50F3N3O6. The van der Waals surface area contributed by atoms with Crippen molar-refractivity contribution in [2.24, 2.45) is 22.7 Å². The minimum atomic E-state index is -5.08. The number of carbonyl (C=O) groups excluding carboxylic acids is 2. The Morgan fingerprint density at radius 1 is 0.927 bits per heavy atom. The number of likely N-dealkylation sites (N-methyl/N-ethyl adjacent to an activating group) is 2. The molecule has 41 heavy (non-hydrogen) atoms. The lowest BCUT2D eigenvalue weighted by Gasteiger charge is -2.43. The quantitative estimate of drug-likeness (QED) is 0.266. The molecule has 0 aliphatic heterocycles. The van der Waals surface area contributed by atoms with Crippen molar-refractivity contribution in [1.82, 2.24) is 15.5 Å². The first-order valence-electron chi connectivity index (χ1n) is 14.0. The van der Waals surface area contributed by atoms with Crippen LogP contribution in [0.15, 0.2) is 11.6 Å². The maximum Gasteiger partial charge on any atom is 0.490 e. The van der Waals surface area contributed by atoms with Crippen LogP contribution in [0.1, 0.15) is 87.5 Å². The molecule has 0 bridgehead atoms. The van der Waals surface area contributed by atoms with E-state index in [-0.39, 0.29) is 28.7 Å². The van der Waals surface area contributed by atoms with Gasteiger partial charge in [0.15, 0.2) is 0 Å². The lowest BCUT2D eigenvalue weighted by Crippen LogP contribution is -2.61. The monoisotopic (exact) mass is 593 g/mol. The number of nitrogens with zero attached hydrogens (tertiary/aromatic N) is 1. The lowest BCUT2D eigenvalue weighted by molar-refractivity contribution is -0.192. The van der Waals surface area contributed by atoms with Crippen LogP contribution >= 0.6 is 0 Å². The van der Waals surface area contributed by atoms with Crippen LogP contribution in [0.2, 0.25) is 0 Å². The number of halogens is 3. The Morgan fingerprint density at radius 2 is 1.39 bits per heavy atom. The van der Waals surface area contributed by atoms with E-state index >= 15 is 0 Å². The van der Waals surface area contributed by atoms with Gasteiger partial charge in [-0.3, -0.25) is 9.59 Å². The van der Waals surface area contributed by atoms with Crippen LogP contribution in [0.5, 0.6) is 0 Å². The molecule has 0 saturated heterocycles. The molecule has 9 nitrogen and oxygen atoms in total. The molecule has 12 heteroatoms. The smallest absolute Gasteiger partial charge is 0.478 e. The third-order valence-electron chi connectivity index (χ3n) is 7.83. The highest BCUT2D eigenvalue weighted by atomic mass is 19.4. The second-order valence-corrected chi connectivity index (χ2v) is 12.8. The highest BCUT2D eigenvalue weighted by Gasteiger charge is 2.44. The molecule has 4 N–H and O–H groups in total. The van der Waals surface area contributed by atoms with Crippen molar-refractivity contribution in [3.05, 3.63) is 11.6 Å². The summed E-state index contributed by atoms with van der Waals surface area (Å²) in [4.78, 5) is 49.1. The number of hydrogen-bond donors (Lipinski definition) is 4. The fourth-order valence-corrected chi connectivity index (χ4v) is 5.23. The van der Waals surface area contributed by atoms with Crippen LogP contribution in [0.25, 0.3) is 0 Å². The van der Waals surface area contributed by atoms with Crippen LogP contribution in [0.3, 0.4) is 0 Å². The normalized spacial score (nSPS) is 17.6. The molecule has 0 aromatic carbocycles. The van der Waals surface area contributed by atoms with E-state index in [1.54, 1.807) is 18.0 Å². The number of amides is 2. The summed E-state index contributed by atoms with van der Waals surface area (Å²) in [6, 6.07) is -1.57. The van der Waals surface area contributed by atoms with Crippen molar-refractivity contribution in [3.8, 4) is 0 Å². The molecule has 0 radical (unpaired) electrons. The third-order valence-corrected chi connectivity index (χ3v) is 7.83. The van der Waals surface area contributed by atoms with Crippen molar-refractivity contribution >= 4 is 23.8 Å².